The standard InChI is InChI=1S/C9H12BrN3/c10-7-6-12-9(11)5-8(7)13-3-1-2-4-13/h5-6H,1-4H2,(H2,11,12). The third-order valence-electron chi connectivity index (χ3n) is 2.30. The Morgan fingerprint density at radius 1 is 1.38 bits per heavy atom. The number of hydrogen-bond acceptors (Lipinski definition) is 3. The third kappa shape index (κ3) is 1.77. The van der Waals surface area contributed by atoms with E-state index in [-0.39, 0.29) is 0 Å². The van der Waals surface area contributed by atoms with E-state index in [1.807, 2.05) is 6.07 Å². The molecular formula is C9H12BrN3. The summed E-state index contributed by atoms with van der Waals surface area (Å²) in [5.74, 6) is 0.588. The van der Waals surface area contributed by atoms with Gasteiger partial charge in [-0.3, -0.25) is 0 Å². The first kappa shape index (κ1) is 8.81. The highest BCUT2D eigenvalue weighted by Gasteiger charge is 2.15. The second-order valence-electron chi connectivity index (χ2n) is 3.25. The zero-order chi connectivity index (χ0) is 9.26. The van der Waals surface area contributed by atoms with Crippen LogP contribution in [0.15, 0.2) is 16.7 Å². The molecule has 1 aliphatic heterocycles. The van der Waals surface area contributed by atoms with Gasteiger partial charge in [0.25, 0.3) is 0 Å². The molecule has 1 aromatic heterocycles. The van der Waals surface area contributed by atoms with E-state index in [0.717, 1.165) is 17.6 Å². The van der Waals surface area contributed by atoms with Gasteiger partial charge in [-0.05, 0) is 28.8 Å². The number of pyridine rings is 1. The first-order valence-corrected chi connectivity index (χ1v) is 5.22. The molecule has 0 radical (unpaired) electrons. The van der Waals surface area contributed by atoms with Crippen LogP contribution in [-0.2, 0) is 0 Å². The van der Waals surface area contributed by atoms with E-state index in [0.29, 0.717) is 5.82 Å². The number of aromatic nitrogens is 1. The number of hydrogen-bond donors (Lipinski definition) is 1. The van der Waals surface area contributed by atoms with Crippen LogP contribution in [0.25, 0.3) is 0 Å². The minimum absolute atomic E-state index is 0.588. The molecule has 1 fully saturated rings. The lowest BCUT2D eigenvalue weighted by Crippen LogP contribution is -2.18. The van der Waals surface area contributed by atoms with E-state index >= 15 is 0 Å². The van der Waals surface area contributed by atoms with Gasteiger partial charge in [0.1, 0.15) is 5.82 Å². The Labute approximate surface area is 86.1 Å². The molecule has 0 amide bonds. The molecule has 70 valence electrons. The first-order valence-electron chi connectivity index (χ1n) is 4.43. The summed E-state index contributed by atoms with van der Waals surface area (Å²) in [6, 6.07) is 1.93. The average Bonchev–Trinajstić information content (AvgIpc) is 2.61. The SMILES string of the molecule is Nc1cc(N2CCCC2)c(Br)cn1. The Morgan fingerprint density at radius 2 is 2.08 bits per heavy atom. The van der Waals surface area contributed by atoms with Gasteiger partial charge < -0.3 is 10.6 Å². The highest BCUT2D eigenvalue weighted by atomic mass is 79.9. The fourth-order valence-electron chi connectivity index (χ4n) is 1.64. The fourth-order valence-corrected chi connectivity index (χ4v) is 2.11. The van der Waals surface area contributed by atoms with Crippen molar-refractivity contribution in [3.63, 3.8) is 0 Å². The highest BCUT2D eigenvalue weighted by molar-refractivity contribution is 9.10. The minimum atomic E-state index is 0.588. The number of halogens is 1. The normalized spacial score (nSPS) is 16.5. The zero-order valence-corrected chi connectivity index (χ0v) is 8.92. The van der Waals surface area contributed by atoms with E-state index in [1.54, 1.807) is 6.20 Å². The molecule has 13 heavy (non-hydrogen) atoms. The lowest BCUT2D eigenvalue weighted by molar-refractivity contribution is 0.949. The van der Waals surface area contributed by atoms with Crippen molar-refractivity contribution >= 4 is 27.4 Å². The predicted molar refractivity (Wildman–Crippen MR) is 57.8 cm³/mol. The molecule has 0 bridgehead atoms. The number of nitrogens with zero attached hydrogens (tertiary/aromatic N) is 2. The van der Waals surface area contributed by atoms with Gasteiger partial charge in [-0.25, -0.2) is 4.98 Å². The van der Waals surface area contributed by atoms with Crippen molar-refractivity contribution in [1.29, 1.82) is 0 Å². The Balaban J connectivity index is 2.32. The van der Waals surface area contributed by atoms with Crippen molar-refractivity contribution in [1.82, 2.24) is 4.98 Å². The maximum atomic E-state index is 5.64. The van der Waals surface area contributed by atoms with Gasteiger partial charge in [0.05, 0.1) is 10.2 Å². The molecule has 1 saturated heterocycles. The molecule has 2 rings (SSSR count). The largest absolute Gasteiger partial charge is 0.384 e. The molecule has 3 nitrogen and oxygen atoms in total. The Hall–Kier alpha value is -0.770. The number of anilines is 2. The lowest BCUT2D eigenvalue weighted by Gasteiger charge is -2.18. The average molecular weight is 242 g/mol. The Morgan fingerprint density at radius 3 is 2.77 bits per heavy atom. The summed E-state index contributed by atoms with van der Waals surface area (Å²) >= 11 is 3.48. The summed E-state index contributed by atoms with van der Waals surface area (Å²) in [5.41, 5.74) is 6.81. The summed E-state index contributed by atoms with van der Waals surface area (Å²) in [4.78, 5) is 6.35. The van der Waals surface area contributed by atoms with E-state index in [9.17, 15) is 0 Å². The van der Waals surface area contributed by atoms with Gasteiger partial charge in [0.2, 0.25) is 0 Å². The monoisotopic (exact) mass is 241 g/mol. The van der Waals surface area contributed by atoms with Crippen LogP contribution in [0.1, 0.15) is 12.8 Å². The van der Waals surface area contributed by atoms with Crippen molar-refractivity contribution < 1.29 is 0 Å². The van der Waals surface area contributed by atoms with E-state index in [2.05, 4.69) is 25.8 Å². The minimum Gasteiger partial charge on any atom is -0.384 e. The van der Waals surface area contributed by atoms with Crippen LogP contribution in [0.2, 0.25) is 0 Å². The van der Waals surface area contributed by atoms with Crippen molar-refractivity contribution in [2.45, 2.75) is 12.8 Å². The third-order valence-corrected chi connectivity index (χ3v) is 2.91. The molecule has 0 spiro atoms. The quantitative estimate of drug-likeness (QED) is 0.819. The molecule has 2 heterocycles. The molecule has 0 saturated carbocycles. The number of rotatable bonds is 1. The van der Waals surface area contributed by atoms with Gasteiger partial charge in [0.15, 0.2) is 0 Å². The molecule has 0 atom stereocenters. The van der Waals surface area contributed by atoms with Crippen molar-refractivity contribution in [2.75, 3.05) is 23.7 Å². The Kier molecular flexibility index (Phi) is 2.40. The van der Waals surface area contributed by atoms with Crippen molar-refractivity contribution in [3.8, 4) is 0 Å². The predicted octanol–water partition coefficient (Wildman–Crippen LogP) is 2.03. The van der Waals surface area contributed by atoms with E-state index in [1.165, 1.54) is 18.5 Å². The molecule has 1 aromatic rings. The van der Waals surface area contributed by atoms with Crippen LogP contribution in [-0.4, -0.2) is 18.1 Å². The van der Waals surface area contributed by atoms with Crippen LogP contribution < -0.4 is 10.6 Å². The van der Waals surface area contributed by atoms with Crippen LogP contribution in [0, 0.1) is 0 Å². The lowest BCUT2D eigenvalue weighted by atomic mass is 10.3. The highest BCUT2D eigenvalue weighted by Crippen LogP contribution is 2.29. The van der Waals surface area contributed by atoms with Crippen LogP contribution in [0.3, 0.4) is 0 Å². The molecule has 0 aliphatic carbocycles. The number of nitrogen functional groups attached to an aromatic ring is 1. The van der Waals surface area contributed by atoms with Gasteiger partial charge >= 0.3 is 0 Å². The fraction of sp³-hybridized carbons (Fsp3) is 0.444. The Bertz CT molecular complexity index is 308. The summed E-state index contributed by atoms with van der Waals surface area (Å²) in [5, 5.41) is 0. The van der Waals surface area contributed by atoms with Crippen molar-refractivity contribution in [2.24, 2.45) is 0 Å². The molecular weight excluding hydrogens is 230 g/mol. The summed E-state index contributed by atoms with van der Waals surface area (Å²) in [6.07, 6.45) is 4.31. The van der Waals surface area contributed by atoms with Gasteiger partial charge in [0, 0.05) is 25.4 Å². The zero-order valence-electron chi connectivity index (χ0n) is 7.33. The van der Waals surface area contributed by atoms with E-state index < -0.39 is 0 Å². The van der Waals surface area contributed by atoms with Crippen LogP contribution in [0.5, 0.6) is 0 Å². The number of nitrogens with two attached hydrogens (primary N) is 1. The second-order valence-corrected chi connectivity index (χ2v) is 4.11. The van der Waals surface area contributed by atoms with E-state index in [4.69, 9.17) is 5.73 Å². The summed E-state index contributed by atoms with van der Waals surface area (Å²) < 4.78 is 1.03. The molecule has 0 aromatic carbocycles. The summed E-state index contributed by atoms with van der Waals surface area (Å²) in [7, 11) is 0. The molecule has 1 aliphatic rings. The topological polar surface area (TPSA) is 42.1 Å². The second kappa shape index (κ2) is 3.54. The van der Waals surface area contributed by atoms with Gasteiger partial charge in [-0.1, -0.05) is 0 Å². The van der Waals surface area contributed by atoms with Gasteiger partial charge in [-0.2, -0.15) is 0 Å². The first-order chi connectivity index (χ1) is 6.27. The maximum absolute atomic E-state index is 5.64. The summed E-state index contributed by atoms with van der Waals surface area (Å²) in [6.45, 7) is 2.25. The molecule has 2 N–H and O–H groups in total. The smallest absolute Gasteiger partial charge is 0.125 e. The van der Waals surface area contributed by atoms with Crippen LogP contribution in [0.4, 0.5) is 11.5 Å². The van der Waals surface area contributed by atoms with Crippen LogP contribution >= 0.6 is 15.9 Å². The van der Waals surface area contributed by atoms with Gasteiger partial charge in [-0.15, -0.1) is 0 Å². The van der Waals surface area contributed by atoms with Crippen molar-refractivity contribution in [3.05, 3.63) is 16.7 Å². The maximum Gasteiger partial charge on any atom is 0.125 e. The molecule has 4 heteroatoms. The molecule has 0 unspecified atom stereocenters.